The Morgan fingerprint density at radius 2 is 1.85 bits per heavy atom. The van der Waals surface area contributed by atoms with Gasteiger partial charge in [0.2, 0.25) is 5.91 Å². The summed E-state index contributed by atoms with van der Waals surface area (Å²) in [6, 6.07) is 7.18. The summed E-state index contributed by atoms with van der Waals surface area (Å²) in [6.45, 7) is 6.24. The van der Waals surface area contributed by atoms with Gasteiger partial charge in [0.1, 0.15) is 6.04 Å². The van der Waals surface area contributed by atoms with Crippen molar-refractivity contribution in [2.75, 3.05) is 13.2 Å². The molecule has 0 radical (unpaired) electrons. The average Bonchev–Trinajstić information content (AvgIpc) is 3.24. The van der Waals surface area contributed by atoms with Crippen molar-refractivity contribution in [3.8, 4) is 0 Å². The Kier molecular flexibility index (Phi) is 5.98. The van der Waals surface area contributed by atoms with Crippen LogP contribution >= 0.6 is 0 Å². The van der Waals surface area contributed by atoms with Crippen molar-refractivity contribution in [1.82, 2.24) is 15.5 Å². The van der Waals surface area contributed by atoms with Crippen molar-refractivity contribution in [2.45, 2.75) is 82.5 Å². The van der Waals surface area contributed by atoms with Crippen LogP contribution in [-0.2, 0) is 22.5 Å². The third kappa shape index (κ3) is 4.09. The van der Waals surface area contributed by atoms with Crippen molar-refractivity contribution >= 4 is 11.8 Å². The summed E-state index contributed by atoms with van der Waals surface area (Å²) in [5.41, 5.74) is 3.90. The minimum absolute atomic E-state index is 0.0126. The Hall–Kier alpha value is -2.18. The van der Waals surface area contributed by atoms with Gasteiger partial charge >= 0.3 is 0 Å². The lowest BCUT2D eigenvalue weighted by atomic mass is 9.79. The Morgan fingerprint density at radius 3 is 2.65 bits per heavy atom. The summed E-state index contributed by atoms with van der Waals surface area (Å²) < 4.78 is 5.81. The molecule has 5 atom stereocenters. The first-order valence-electron chi connectivity index (χ1n) is 13.3. The summed E-state index contributed by atoms with van der Waals surface area (Å²) in [7, 11) is 0. The second-order valence-electron chi connectivity index (χ2n) is 11.3. The molecule has 0 aromatic heterocycles. The number of allylic oxidation sites excluding steroid dienone is 1. The van der Waals surface area contributed by atoms with Crippen LogP contribution in [0.25, 0.3) is 0 Å². The number of fused-ring (bicyclic) bond motifs is 3. The highest BCUT2D eigenvalue weighted by atomic mass is 16.5. The summed E-state index contributed by atoms with van der Waals surface area (Å²) in [4.78, 5) is 27.3. The molecule has 182 valence electrons. The van der Waals surface area contributed by atoms with E-state index < -0.39 is 6.04 Å². The minimum atomic E-state index is -0.393. The number of hydrogen-bond acceptors (Lipinski definition) is 4. The maximum absolute atomic E-state index is 13.1. The lowest BCUT2D eigenvalue weighted by Gasteiger charge is -2.39. The Labute approximate surface area is 202 Å². The maximum Gasteiger partial charge on any atom is 0.255 e. The molecular formula is C28H37N3O3. The number of nitrogens with one attached hydrogen (secondary N) is 2. The van der Waals surface area contributed by atoms with E-state index in [4.69, 9.17) is 4.74 Å². The molecule has 2 amide bonds. The lowest BCUT2D eigenvalue weighted by Crippen LogP contribution is -2.52. The fourth-order valence-electron chi connectivity index (χ4n) is 7.25. The van der Waals surface area contributed by atoms with E-state index in [9.17, 15) is 9.59 Å². The minimum Gasteiger partial charge on any atom is -0.381 e. The zero-order chi connectivity index (χ0) is 23.2. The first-order valence-corrected chi connectivity index (χ1v) is 13.3. The van der Waals surface area contributed by atoms with Crippen LogP contribution in [0, 0.1) is 17.8 Å². The molecule has 6 rings (SSSR count). The zero-order valence-electron chi connectivity index (χ0n) is 20.1. The molecule has 1 aromatic carbocycles. The maximum atomic E-state index is 13.1. The van der Waals surface area contributed by atoms with E-state index in [0.29, 0.717) is 42.8 Å². The summed E-state index contributed by atoms with van der Waals surface area (Å²) in [5, 5.41) is 6.94. The van der Waals surface area contributed by atoms with Gasteiger partial charge in [-0.25, -0.2) is 0 Å². The van der Waals surface area contributed by atoms with Gasteiger partial charge in [-0.3, -0.25) is 9.59 Å². The molecule has 0 spiro atoms. The molecule has 3 unspecified atom stereocenters. The van der Waals surface area contributed by atoms with Gasteiger partial charge in [0, 0.05) is 29.9 Å². The number of rotatable bonds is 5. The number of nitrogens with zero attached hydrogens (tertiary/aromatic N) is 1. The van der Waals surface area contributed by atoms with Crippen LogP contribution in [-0.4, -0.2) is 48.1 Å². The van der Waals surface area contributed by atoms with Crippen LogP contribution in [0.15, 0.2) is 30.5 Å². The van der Waals surface area contributed by atoms with Crippen LogP contribution in [0.3, 0.4) is 0 Å². The summed E-state index contributed by atoms with van der Waals surface area (Å²) >= 11 is 0. The van der Waals surface area contributed by atoms with Gasteiger partial charge in [0.15, 0.2) is 0 Å². The van der Waals surface area contributed by atoms with Crippen LogP contribution in [0.1, 0.15) is 72.9 Å². The van der Waals surface area contributed by atoms with E-state index in [2.05, 4.69) is 29.3 Å². The van der Waals surface area contributed by atoms with Crippen molar-refractivity contribution in [2.24, 2.45) is 17.8 Å². The molecule has 5 aliphatic rings. The largest absolute Gasteiger partial charge is 0.381 e. The first kappa shape index (κ1) is 22.3. The molecule has 6 nitrogen and oxygen atoms in total. The van der Waals surface area contributed by atoms with Crippen molar-refractivity contribution in [3.05, 3.63) is 47.2 Å². The highest BCUT2D eigenvalue weighted by molar-refractivity contribution is 6.01. The SMILES string of the molecule is C=C1CCC(N2Cc3cc(C[C@H]4CCCC[C@@H]4NC4C5CCC4COC5)ccc3C2=O)C(=O)N1. The number of amides is 2. The highest BCUT2D eigenvalue weighted by Crippen LogP contribution is 2.38. The molecule has 2 N–H and O–H groups in total. The number of ether oxygens (including phenoxy) is 1. The number of carbonyl (C=O) groups is 2. The topological polar surface area (TPSA) is 70.7 Å². The quantitative estimate of drug-likeness (QED) is 0.701. The second kappa shape index (κ2) is 9.12. The number of carbonyl (C=O) groups excluding carboxylic acids is 2. The van der Waals surface area contributed by atoms with Crippen molar-refractivity contribution in [3.63, 3.8) is 0 Å². The van der Waals surface area contributed by atoms with Gasteiger partial charge in [-0.15, -0.1) is 0 Å². The van der Waals surface area contributed by atoms with Gasteiger partial charge < -0.3 is 20.3 Å². The Bertz CT molecular complexity index is 975. The molecule has 2 bridgehead atoms. The van der Waals surface area contributed by atoms with E-state index in [0.717, 1.165) is 42.9 Å². The van der Waals surface area contributed by atoms with Crippen molar-refractivity contribution in [1.29, 1.82) is 0 Å². The molecule has 34 heavy (non-hydrogen) atoms. The normalized spacial score (nSPS) is 35.4. The van der Waals surface area contributed by atoms with Gasteiger partial charge in [-0.1, -0.05) is 31.6 Å². The van der Waals surface area contributed by atoms with Crippen LogP contribution in [0.5, 0.6) is 0 Å². The molecule has 2 aliphatic carbocycles. The van der Waals surface area contributed by atoms with E-state index in [1.807, 2.05) is 6.07 Å². The summed E-state index contributed by atoms with van der Waals surface area (Å²) in [6.07, 6.45) is 10.2. The van der Waals surface area contributed by atoms with Crippen molar-refractivity contribution < 1.29 is 14.3 Å². The van der Waals surface area contributed by atoms with Crippen LogP contribution in [0.2, 0.25) is 0 Å². The molecule has 4 fully saturated rings. The first-order chi connectivity index (χ1) is 16.6. The molecule has 2 saturated carbocycles. The van der Waals surface area contributed by atoms with Crippen LogP contribution in [0.4, 0.5) is 0 Å². The smallest absolute Gasteiger partial charge is 0.255 e. The summed E-state index contributed by atoms with van der Waals surface area (Å²) in [5.74, 6) is 1.90. The number of hydrogen-bond donors (Lipinski definition) is 2. The zero-order valence-corrected chi connectivity index (χ0v) is 20.1. The number of piperidine rings is 1. The molecule has 2 saturated heterocycles. The van der Waals surface area contributed by atoms with E-state index in [-0.39, 0.29) is 11.8 Å². The van der Waals surface area contributed by atoms with E-state index >= 15 is 0 Å². The third-order valence-electron chi connectivity index (χ3n) is 9.10. The number of benzene rings is 1. The highest BCUT2D eigenvalue weighted by Gasteiger charge is 2.42. The molecule has 3 heterocycles. The van der Waals surface area contributed by atoms with Crippen LogP contribution < -0.4 is 10.6 Å². The fourth-order valence-corrected chi connectivity index (χ4v) is 7.25. The van der Waals surface area contributed by atoms with Gasteiger partial charge in [-0.2, -0.15) is 0 Å². The van der Waals surface area contributed by atoms with E-state index in [1.54, 1.807) is 4.90 Å². The monoisotopic (exact) mass is 463 g/mol. The van der Waals surface area contributed by atoms with Gasteiger partial charge in [0.05, 0.1) is 13.2 Å². The predicted octanol–water partition coefficient (Wildman–Crippen LogP) is 3.55. The molecular weight excluding hydrogens is 426 g/mol. The Morgan fingerprint density at radius 1 is 1.06 bits per heavy atom. The standard InChI is InChI=1S/C28H37N3O3/c1-17-6-11-25(27(32)29-17)31-14-22-13-18(7-10-23(22)28(31)33)12-19-4-2-3-5-24(19)30-26-20-8-9-21(26)16-34-15-20/h7,10,13,19-21,24-26,30H,1-6,8-9,11-12,14-16H2,(H,29,32)/t19-,20?,21?,24+,25?,26?/m1/s1. The molecule has 3 aliphatic heterocycles. The second-order valence-corrected chi connectivity index (χ2v) is 11.3. The molecule has 6 heteroatoms. The molecule has 1 aromatic rings. The predicted molar refractivity (Wildman–Crippen MR) is 130 cm³/mol. The lowest BCUT2D eigenvalue weighted by molar-refractivity contribution is -0.126. The average molecular weight is 464 g/mol. The van der Waals surface area contributed by atoms with E-state index in [1.165, 1.54) is 44.1 Å². The van der Waals surface area contributed by atoms with Gasteiger partial charge in [-0.05, 0) is 79.9 Å². The van der Waals surface area contributed by atoms with Gasteiger partial charge in [0.25, 0.3) is 5.91 Å². The Balaban J connectivity index is 1.14. The fraction of sp³-hybridized carbons (Fsp3) is 0.643. The third-order valence-corrected chi connectivity index (χ3v) is 9.10.